The van der Waals surface area contributed by atoms with Crippen molar-refractivity contribution in [2.24, 2.45) is 0 Å². The van der Waals surface area contributed by atoms with Crippen LogP contribution in [0, 0.1) is 5.82 Å². The number of nitrogens with zero attached hydrogens (tertiary/aromatic N) is 2. The van der Waals surface area contributed by atoms with Gasteiger partial charge in [0.15, 0.2) is 23.1 Å². The summed E-state index contributed by atoms with van der Waals surface area (Å²) in [6.45, 7) is 0. The summed E-state index contributed by atoms with van der Waals surface area (Å²) in [6, 6.07) is 4.37. The van der Waals surface area contributed by atoms with Crippen LogP contribution >= 0.6 is 0 Å². The van der Waals surface area contributed by atoms with E-state index in [1.165, 1.54) is 19.2 Å². The van der Waals surface area contributed by atoms with E-state index in [1.807, 2.05) is 0 Å². The van der Waals surface area contributed by atoms with Crippen molar-refractivity contribution in [2.75, 3.05) is 12.8 Å². The zero-order chi connectivity index (χ0) is 10.8. The van der Waals surface area contributed by atoms with Crippen molar-refractivity contribution in [3.63, 3.8) is 0 Å². The Hall–Kier alpha value is -2.11. The largest absolute Gasteiger partial charge is 0.494 e. The number of ether oxygens (including phenoxy) is 1. The maximum atomic E-state index is 13.3. The molecule has 0 unspecified atom stereocenters. The van der Waals surface area contributed by atoms with Gasteiger partial charge in [-0.25, -0.2) is 9.02 Å². The second-order valence-corrected chi connectivity index (χ2v) is 2.85. The molecule has 1 heterocycles. The molecule has 78 valence electrons. The van der Waals surface area contributed by atoms with Gasteiger partial charge in [-0.3, -0.25) is 0 Å². The average molecular weight is 209 g/mol. The minimum atomic E-state index is -0.489. The number of methoxy groups -OCH3 is 1. The molecule has 6 heteroatoms. The predicted molar refractivity (Wildman–Crippen MR) is 50.7 cm³/mol. The monoisotopic (exact) mass is 209 g/mol. The third kappa shape index (κ3) is 1.61. The smallest absolute Gasteiger partial charge is 0.196 e. The lowest BCUT2D eigenvalue weighted by Crippen LogP contribution is -1.91. The fraction of sp³-hybridized carbons (Fsp3) is 0.111. The molecule has 0 aliphatic heterocycles. The summed E-state index contributed by atoms with van der Waals surface area (Å²) in [5, 5.41) is 6.97. The molecule has 0 aliphatic carbocycles. The van der Waals surface area contributed by atoms with E-state index in [-0.39, 0.29) is 11.6 Å². The molecule has 1 aromatic heterocycles. The number of halogens is 1. The van der Waals surface area contributed by atoms with Crippen LogP contribution in [0.15, 0.2) is 22.8 Å². The molecular formula is C9H8FN3O2. The lowest BCUT2D eigenvalue weighted by molar-refractivity contribution is 0.310. The van der Waals surface area contributed by atoms with Gasteiger partial charge < -0.3 is 10.5 Å². The lowest BCUT2D eigenvalue weighted by atomic mass is 10.1. The zero-order valence-corrected chi connectivity index (χ0v) is 7.90. The molecule has 2 rings (SSSR count). The first kappa shape index (κ1) is 9.45. The van der Waals surface area contributed by atoms with Gasteiger partial charge in [0.25, 0.3) is 0 Å². The molecule has 0 saturated heterocycles. The summed E-state index contributed by atoms with van der Waals surface area (Å²) < 4.78 is 22.5. The highest BCUT2D eigenvalue weighted by atomic mass is 19.1. The molecule has 0 bridgehead atoms. The molecule has 1 aromatic carbocycles. The number of anilines is 1. The minimum absolute atomic E-state index is 0.125. The molecule has 0 radical (unpaired) electrons. The Morgan fingerprint density at radius 3 is 2.73 bits per heavy atom. The number of hydrogen-bond donors (Lipinski definition) is 1. The van der Waals surface area contributed by atoms with E-state index >= 15 is 0 Å². The van der Waals surface area contributed by atoms with Crippen molar-refractivity contribution in [2.45, 2.75) is 0 Å². The Kier molecular flexibility index (Phi) is 2.24. The summed E-state index contributed by atoms with van der Waals surface area (Å²) in [5.74, 6) is -0.203. The van der Waals surface area contributed by atoms with Crippen LogP contribution in [0.3, 0.4) is 0 Å². The number of nitrogens with two attached hydrogens (primary N) is 1. The molecule has 15 heavy (non-hydrogen) atoms. The van der Waals surface area contributed by atoms with Crippen molar-refractivity contribution in [1.82, 2.24) is 10.3 Å². The maximum Gasteiger partial charge on any atom is 0.196 e. The van der Waals surface area contributed by atoms with E-state index in [0.29, 0.717) is 11.3 Å². The predicted octanol–water partition coefficient (Wildman–Crippen LogP) is 1.47. The molecule has 0 aliphatic rings. The minimum Gasteiger partial charge on any atom is -0.494 e. The van der Waals surface area contributed by atoms with Crippen molar-refractivity contribution < 1.29 is 13.8 Å². The van der Waals surface area contributed by atoms with Crippen LogP contribution in [0.1, 0.15) is 0 Å². The van der Waals surface area contributed by atoms with Gasteiger partial charge in [0.1, 0.15) is 0 Å². The van der Waals surface area contributed by atoms with E-state index in [0.717, 1.165) is 0 Å². The Bertz CT molecular complexity index is 484. The van der Waals surface area contributed by atoms with Gasteiger partial charge >= 0.3 is 0 Å². The Labute approximate surface area is 84.6 Å². The first-order chi connectivity index (χ1) is 7.22. The van der Waals surface area contributed by atoms with Gasteiger partial charge in [-0.1, -0.05) is 0 Å². The Morgan fingerprint density at radius 2 is 2.20 bits per heavy atom. The lowest BCUT2D eigenvalue weighted by Gasteiger charge is -2.02. The van der Waals surface area contributed by atoms with Gasteiger partial charge in [-0.05, 0) is 28.5 Å². The topological polar surface area (TPSA) is 74.2 Å². The van der Waals surface area contributed by atoms with Gasteiger partial charge in [0.05, 0.1) is 7.11 Å². The van der Waals surface area contributed by atoms with Crippen LogP contribution in [0.25, 0.3) is 11.3 Å². The second kappa shape index (κ2) is 3.56. The van der Waals surface area contributed by atoms with E-state index in [2.05, 4.69) is 14.9 Å². The van der Waals surface area contributed by atoms with Gasteiger partial charge in [-0.15, -0.1) is 0 Å². The first-order valence-corrected chi connectivity index (χ1v) is 4.14. The van der Waals surface area contributed by atoms with Crippen LogP contribution in [0.2, 0.25) is 0 Å². The summed E-state index contributed by atoms with van der Waals surface area (Å²) in [7, 11) is 1.39. The molecular weight excluding hydrogens is 201 g/mol. The van der Waals surface area contributed by atoms with Crippen LogP contribution in [-0.4, -0.2) is 17.4 Å². The number of aromatic nitrogens is 2. The summed E-state index contributed by atoms with van der Waals surface area (Å²) >= 11 is 0. The van der Waals surface area contributed by atoms with E-state index in [4.69, 9.17) is 10.5 Å². The fourth-order valence-electron chi connectivity index (χ4n) is 1.21. The molecule has 0 saturated carbocycles. The highest BCUT2D eigenvalue weighted by Gasteiger charge is 2.11. The van der Waals surface area contributed by atoms with E-state index in [1.54, 1.807) is 6.07 Å². The third-order valence-electron chi connectivity index (χ3n) is 1.94. The van der Waals surface area contributed by atoms with Gasteiger partial charge in [0, 0.05) is 5.56 Å². The van der Waals surface area contributed by atoms with Gasteiger partial charge in [0.2, 0.25) is 0 Å². The van der Waals surface area contributed by atoms with E-state index in [9.17, 15) is 4.39 Å². The normalized spacial score (nSPS) is 10.3. The summed E-state index contributed by atoms with van der Waals surface area (Å²) in [6.07, 6.45) is 0. The highest BCUT2D eigenvalue weighted by Crippen LogP contribution is 2.26. The summed E-state index contributed by atoms with van der Waals surface area (Å²) in [5.41, 5.74) is 6.28. The van der Waals surface area contributed by atoms with Crippen LogP contribution in [0.5, 0.6) is 5.75 Å². The quantitative estimate of drug-likeness (QED) is 0.810. The molecule has 0 spiro atoms. The molecule has 5 nitrogen and oxygen atoms in total. The van der Waals surface area contributed by atoms with Crippen LogP contribution in [-0.2, 0) is 0 Å². The Morgan fingerprint density at radius 1 is 1.40 bits per heavy atom. The van der Waals surface area contributed by atoms with E-state index < -0.39 is 5.82 Å². The number of nitrogen functional groups attached to an aromatic ring is 1. The highest BCUT2D eigenvalue weighted by molar-refractivity contribution is 5.69. The second-order valence-electron chi connectivity index (χ2n) is 2.85. The van der Waals surface area contributed by atoms with Crippen molar-refractivity contribution in [3.05, 3.63) is 24.0 Å². The fourth-order valence-corrected chi connectivity index (χ4v) is 1.21. The third-order valence-corrected chi connectivity index (χ3v) is 1.94. The van der Waals surface area contributed by atoms with Gasteiger partial charge in [-0.2, -0.15) is 0 Å². The van der Waals surface area contributed by atoms with Crippen LogP contribution < -0.4 is 10.5 Å². The SMILES string of the molecule is COc1ccc(-c2nonc2N)cc1F. The first-order valence-electron chi connectivity index (χ1n) is 4.14. The van der Waals surface area contributed by atoms with Crippen molar-refractivity contribution in [1.29, 1.82) is 0 Å². The maximum absolute atomic E-state index is 13.3. The summed E-state index contributed by atoms with van der Waals surface area (Å²) in [4.78, 5) is 0. The Balaban J connectivity index is 2.47. The average Bonchev–Trinajstić information content (AvgIpc) is 2.64. The molecule has 0 amide bonds. The molecule has 2 N–H and O–H groups in total. The number of benzene rings is 1. The zero-order valence-electron chi connectivity index (χ0n) is 7.90. The van der Waals surface area contributed by atoms with Crippen LogP contribution in [0.4, 0.5) is 10.2 Å². The standard InChI is InChI=1S/C9H8FN3O2/c1-14-7-3-2-5(4-6(7)10)8-9(11)13-15-12-8/h2-4H,1H3,(H2,11,13). The van der Waals surface area contributed by atoms with Crippen molar-refractivity contribution >= 4 is 5.82 Å². The molecule has 2 aromatic rings. The number of hydrogen-bond acceptors (Lipinski definition) is 5. The number of rotatable bonds is 2. The molecule has 0 fully saturated rings. The molecule has 0 atom stereocenters. The van der Waals surface area contributed by atoms with Crippen molar-refractivity contribution in [3.8, 4) is 17.0 Å².